The second kappa shape index (κ2) is 7.46. The van der Waals surface area contributed by atoms with E-state index in [1.54, 1.807) is 0 Å². The van der Waals surface area contributed by atoms with Crippen molar-refractivity contribution in [2.45, 2.75) is 6.92 Å². The highest BCUT2D eigenvalue weighted by atomic mass is 31.2. The maximum absolute atomic E-state index is 10.1. The molecule has 1 N–H and O–H groups in total. The fraction of sp³-hybridized carbons (Fsp3) is 0.556. The molecule has 1 aliphatic rings. The maximum atomic E-state index is 10.1. The summed E-state index contributed by atoms with van der Waals surface area (Å²) in [5.74, 6) is 0. The number of nitrogens with zero attached hydrogens (tertiary/aromatic N) is 2. The fourth-order valence-corrected chi connectivity index (χ4v) is 1.03. The van der Waals surface area contributed by atoms with Crippen molar-refractivity contribution in [3.63, 3.8) is 0 Å². The Morgan fingerprint density at radius 1 is 1.50 bits per heavy atom. The zero-order valence-electron chi connectivity index (χ0n) is 9.87. The SMILES string of the molecule is C=CN1C=CN(CC)C1.COP(=O)(O)OC. The van der Waals surface area contributed by atoms with Gasteiger partial charge in [0.1, 0.15) is 0 Å². The van der Waals surface area contributed by atoms with Crippen LogP contribution in [0.25, 0.3) is 0 Å². The lowest BCUT2D eigenvalue weighted by Crippen LogP contribution is -2.20. The van der Waals surface area contributed by atoms with Gasteiger partial charge in [0, 0.05) is 33.2 Å². The Labute approximate surface area is 96.4 Å². The Morgan fingerprint density at radius 3 is 2.25 bits per heavy atom. The van der Waals surface area contributed by atoms with Crippen LogP contribution in [0.4, 0.5) is 0 Å². The highest BCUT2D eigenvalue weighted by molar-refractivity contribution is 7.47. The van der Waals surface area contributed by atoms with E-state index in [-0.39, 0.29) is 0 Å². The average molecular weight is 250 g/mol. The molecule has 0 bridgehead atoms. The van der Waals surface area contributed by atoms with Gasteiger partial charge in [0.25, 0.3) is 0 Å². The third kappa shape index (κ3) is 5.92. The number of hydrogen-bond acceptors (Lipinski definition) is 5. The summed E-state index contributed by atoms with van der Waals surface area (Å²) >= 11 is 0. The molecule has 7 heteroatoms. The molecule has 0 aliphatic carbocycles. The predicted octanol–water partition coefficient (Wildman–Crippen LogP) is 1.58. The van der Waals surface area contributed by atoms with Gasteiger partial charge in [-0.15, -0.1) is 0 Å². The van der Waals surface area contributed by atoms with Crippen molar-refractivity contribution >= 4 is 7.82 Å². The standard InChI is InChI=1S/C7H12N2.C2H7O4P/c1-3-8-5-6-9(4-2)7-8;1-5-7(3,4)6-2/h3,5-6H,1,4,7H2,2H3;1-2H3,(H,3,4). The van der Waals surface area contributed by atoms with Crippen LogP contribution >= 0.6 is 7.82 Å². The second-order valence-electron chi connectivity index (χ2n) is 2.88. The van der Waals surface area contributed by atoms with Gasteiger partial charge in [0.15, 0.2) is 0 Å². The van der Waals surface area contributed by atoms with E-state index < -0.39 is 7.82 Å². The lowest BCUT2D eigenvalue weighted by Gasteiger charge is -2.15. The van der Waals surface area contributed by atoms with Gasteiger partial charge in [-0.05, 0) is 13.1 Å². The van der Waals surface area contributed by atoms with Crippen LogP contribution < -0.4 is 0 Å². The molecule has 1 aliphatic heterocycles. The molecule has 0 fully saturated rings. The average Bonchev–Trinajstić information content (AvgIpc) is 2.77. The molecular formula is C9H19N2O4P. The van der Waals surface area contributed by atoms with Gasteiger partial charge < -0.3 is 14.7 Å². The van der Waals surface area contributed by atoms with Crippen molar-refractivity contribution in [1.29, 1.82) is 0 Å². The Hall–Kier alpha value is -0.810. The molecule has 0 aromatic heterocycles. The summed E-state index contributed by atoms with van der Waals surface area (Å²) < 4.78 is 18.0. The zero-order valence-corrected chi connectivity index (χ0v) is 10.8. The minimum atomic E-state index is -3.65. The summed E-state index contributed by atoms with van der Waals surface area (Å²) in [6.07, 6.45) is 5.92. The van der Waals surface area contributed by atoms with E-state index >= 15 is 0 Å². The molecule has 0 saturated heterocycles. The zero-order chi connectivity index (χ0) is 12.6. The monoisotopic (exact) mass is 250 g/mol. The van der Waals surface area contributed by atoms with Crippen molar-refractivity contribution in [3.8, 4) is 0 Å². The summed E-state index contributed by atoms with van der Waals surface area (Å²) in [6.45, 7) is 7.82. The van der Waals surface area contributed by atoms with Crippen LogP contribution in [0.2, 0.25) is 0 Å². The minimum Gasteiger partial charge on any atom is -0.359 e. The molecule has 0 unspecified atom stereocenters. The van der Waals surface area contributed by atoms with Gasteiger partial charge in [0.05, 0.1) is 6.67 Å². The maximum Gasteiger partial charge on any atom is 0.471 e. The van der Waals surface area contributed by atoms with Crippen LogP contribution in [-0.2, 0) is 13.6 Å². The first-order valence-electron chi connectivity index (χ1n) is 4.74. The Balaban J connectivity index is 0.000000293. The molecule has 0 amide bonds. The molecule has 0 radical (unpaired) electrons. The molecule has 1 rings (SSSR count). The molecule has 0 saturated carbocycles. The number of rotatable bonds is 4. The van der Waals surface area contributed by atoms with Crippen LogP contribution in [0.15, 0.2) is 25.2 Å². The third-order valence-electron chi connectivity index (χ3n) is 1.92. The van der Waals surface area contributed by atoms with E-state index in [1.807, 2.05) is 17.3 Å². The summed E-state index contributed by atoms with van der Waals surface area (Å²) in [7, 11) is -1.45. The molecule has 0 aromatic rings. The number of phosphoric acid groups is 1. The van der Waals surface area contributed by atoms with E-state index in [4.69, 9.17) is 4.89 Å². The summed E-state index contributed by atoms with van der Waals surface area (Å²) in [4.78, 5) is 12.5. The van der Waals surface area contributed by atoms with Crippen molar-refractivity contribution in [1.82, 2.24) is 9.80 Å². The van der Waals surface area contributed by atoms with Crippen LogP contribution in [0, 0.1) is 0 Å². The molecule has 0 spiro atoms. The van der Waals surface area contributed by atoms with Gasteiger partial charge in [0.2, 0.25) is 0 Å². The van der Waals surface area contributed by atoms with Gasteiger partial charge in [-0.2, -0.15) is 0 Å². The Kier molecular flexibility index (Phi) is 7.08. The first-order chi connectivity index (χ1) is 7.49. The van der Waals surface area contributed by atoms with E-state index in [0.29, 0.717) is 0 Å². The van der Waals surface area contributed by atoms with Crippen molar-refractivity contribution in [3.05, 3.63) is 25.2 Å². The number of phosphoric ester groups is 1. The molecule has 16 heavy (non-hydrogen) atoms. The molecule has 0 aromatic carbocycles. The van der Waals surface area contributed by atoms with Gasteiger partial charge in [-0.1, -0.05) is 6.58 Å². The largest absolute Gasteiger partial charge is 0.471 e. The Morgan fingerprint density at radius 2 is 2.06 bits per heavy atom. The molecule has 94 valence electrons. The Bertz CT molecular complexity index is 275. The van der Waals surface area contributed by atoms with Crippen molar-refractivity contribution in [2.75, 3.05) is 27.4 Å². The predicted molar refractivity (Wildman–Crippen MR) is 62.3 cm³/mol. The minimum absolute atomic E-state index is 0.958. The highest BCUT2D eigenvalue weighted by Gasteiger charge is 2.13. The lowest BCUT2D eigenvalue weighted by atomic mass is 10.6. The van der Waals surface area contributed by atoms with E-state index in [2.05, 4.69) is 33.7 Å². The third-order valence-corrected chi connectivity index (χ3v) is 2.84. The first kappa shape index (κ1) is 15.2. The topological polar surface area (TPSA) is 62.2 Å². The van der Waals surface area contributed by atoms with Crippen LogP contribution in [0.1, 0.15) is 6.92 Å². The van der Waals surface area contributed by atoms with Crippen LogP contribution in [-0.4, -0.2) is 42.1 Å². The van der Waals surface area contributed by atoms with Crippen LogP contribution in [0.3, 0.4) is 0 Å². The summed E-state index contributed by atoms with van der Waals surface area (Å²) in [5.41, 5.74) is 0. The van der Waals surface area contributed by atoms with Crippen molar-refractivity contribution < 1.29 is 18.5 Å². The molecule has 6 nitrogen and oxygen atoms in total. The summed E-state index contributed by atoms with van der Waals surface area (Å²) in [5, 5.41) is 0. The van der Waals surface area contributed by atoms with Gasteiger partial charge in [-0.25, -0.2) is 4.57 Å². The van der Waals surface area contributed by atoms with Crippen molar-refractivity contribution in [2.24, 2.45) is 0 Å². The molecular weight excluding hydrogens is 231 g/mol. The van der Waals surface area contributed by atoms with E-state index in [0.717, 1.165) is 27.4 Å². The quantitative estimate of drug-likeness (QED) is 0.764. The highest BCUT2D eigenvalue weighted by Crippen LogP contribution is 2.40. The molecule has 0 atom stereocenters. The summed E-state index contributed by atoms with van der Waals surface area (Å²) in [6, 6.07) is 0. The fourth-order valence-electron chi connectivity index (χ4n) is 0.882. The normalized spacial score (nSPS) is 14.8. The first-order valence-corrected chi connectivity index (χ1v) is 6.23. The van der Waals surface area contributed by atoms with Gasteiger partial charge >= 0.3 is 7.82 Å². The number of hydrogen-bond donors (Lipinski definition) is 1. The smallest absolute Gasteiger partial charge is 0.359 e. The van der Waals surface area contributed by atoms with Crippen LogP contribution in [0.5, 0.6) is 0 Å². The lowest BCUT2D eigenvalue weighted by molar-refractivity contribution is 0.204. The second-order valence-corrected chi connectivity index (χ2v) is 4.54. The van der Waals surface area contributed by atoms with Gasteiger partial charge in [-0.3, -0.25) is 9.05 Å². The van der Waals surface area contributed by atoms with E-state index in [9.17, 15) is 4.57 Å². The van der Waals surface area contributed by atoms with E-state index in [1.165, 1.54) is 0 Å². The molecule has 1 heterocycles.